The Balaban J connectivity index is 1.33. The van der Waals surface area contributed by atoms with Gasteiger partial charge in [0.15, 0.2) is 0 Å². The SMILES string of the molecule is CC1CCC2(CC1)NC(=O)N(CC(=O)NC(c1ccc3c(c1)CCCC3)c1cccs1)C2=O. The van der Waals surface area contributed by atoms with Crippen molar-refractivity contribution in [3.8, 4) is 0 Å². The first kappa shape index (κ1) is 22.1. The lowest BCUT2D eigenvalue weighted by molar-refractivity contribution is -0.136. The lowest BCUT2D eigenvalue weighted by atomic mass is 9.77. The summed E-state index contributed by atoms with van der Waals surface area (Å²) in [6.07, 6.45) is 7.70. The molecule has 1 saturated carbocycles. The molecule has 174 valence electrons. The van der Waals surface area contributed by atoms with Gasteiger partial charge in [0.25, 0.3) is 5.91 Å². The van der Waals surface area contributed by atoms with E-state index >= 15 is 0 Å². The van der Waals surface area contributed by atoms with Crippen LogP contribution in [0.4, 0.5) is 4.79 Å². The number of benzene rings is 1. The Morgan fingerprint density at radius 3 is 2.67 bits per heavy atom. The Hall–Kier alpha value is -2.67. The second kappa shape index (κ2) is 8.93. The third-order valence-corrected chi connectivity index (χ3v) is 8.45. The van der Waals surface area contributed by atoms with Crippen LogP contribution in [0, 0.1) is 5.92 Å². The standard InChI is InChI=1S/C26H31N3O3S/c1-17-10-12-26(13-11-17)24(31)29(25(32)28-26)16-22(30)27-23(21-7-4-14-33-21)20-9-8-18-5-2-3-6-19(18)15-20/h4,7-9,14-15,17,23H,2-3,5-6,10-13,16H2,1H3,(H,27,30)(H,28,32). The van der Waals surface area contributed by atoms with E-state index in [4.69, 9.17) is 0 Å². The van der Waals surface area contributed by atoms with Crippen molar-refractivity contribution in [2.24, 2.45) is 5.92 Å². The van der Waals surface area contributed by atoms with Crippen molar-refractivity contribution in [1.29, 1.82) is 0 Å². The van der Waals surface area contributed by atoms with Crippen LogP contribution in [0.15, 0.2) is 35.7 Å². The van der Waals surface area contributed by atoms with Gasteiger partial charge in [0, 0.05) is 4.88 Å². The first-order valence-corrected chi connectivity index (χ1v) is 12.9. The molecule has 4 amide bonds. The predicted molar refractivity (Wildman–Crippen MR) is 128 cm³/mol. The van der Waals surface area contributed by atoms with Gasteiger partial charge in [-0.3, -0.25) is 14.5 Å². The number of thiophene rings is 1. The third kappa shape index (κ3) is 4.31. The van der Waals surface area contributed by atoms with Gasteiger partial charge in [-0.25, -0.2) is 4.79 Å². The highest BCUT2D eigenvalue weighted by Crippen LogP contribution is 2.36. The molecule has 1 aliphatic heterocycles. The summed E-state index contributed by atoms with van der Waals surface area (Å²) in [6.45, 7) is 1.92. The first-order valence-electron chi connectivity index (χ1n) is 12.0. The fraction of sp³-hybridized carbons (Fsp3) is 0.500. The molecule has 2 aromatic rings. The predicted octanol–water partition coefficient (Wildman–Crippen LogP) is 4.33. The average Bonchev–Trinajstić information content (AvgIpc) is 3.43. The smallest absolute Gasteiger partial charge is 0.325 e. The number of carbonyl (C=O) groups is 3. The van der Waals surface area contributed by atoms with Crippen molar-refractivity contribution in [2.45, 2.75) is 69.9 Å². The minimum Gasteiger partial charge on any atom is -0.343 e. The zero-order valence-electron chi connectivity index (χ0n) is 19.1. The maximum absolute atomic E-state index is 13.1. The van der Waals surface area contributed by atoms with E-state index in [1.807, 2.05) is 17.5 Å². The molecule has 6 nitrogen and oxygen atoms in total. The van der Waals surface area contributed by atoms with Crippen LogP contribution < -0.4 is 10.6 Å². The molecule has 1 spiro atoms. The Labute approximate surface area is 198 Å². The first-order chi connectivity index (χ1) is 15.9. The van der Waals surface area contributed by atoms with E-state index < -0.39 is 11.6 Å². The lowest BCUT2D eigenvalue weighted by Gasteiger charge is -2.33. The second-order valence-corrected chi connectivity index (χ2v) is 10.8. The van der Waals surface area contributed by atoms with Crippen LogP contribution in [-0.4, -0.2) is 34.8 Å². The van der Waals surface area contributed by atoms with E-state index in [0.717, 1.165) is 41.0 Å². The van der Waals surface area contributed by atoms with E-state index in [-0.39, 0.29) is 24.4 Å². The molecular formula is C26H31N3O3S. The molecule has 2 N–H and O–H groups in total. The Kier molecular flexibility index (Phi) is 5.99. The lowest BCUT2D eigenvalue weighted by Crippen LogP contribution is -2.50. The highest BCUT2D eigenvalue weighted by Gasteiger charge is 2.52. The van der Waals surface area contributed by atoms with E-state index in [1.165, 1.54) is 24.0 Å². The van der Waals surface area contributed by atoms with Gasteiger partial charge in [0.05, 0.1) is 6.04 Å². The molecular weight excluding hydrogens is 434 g/mol. The molecule has 1 aromatic heterocycles. The molecule has 0 radical (unpaired) electrons. The van der Waals surface area contributed by atoms with E-state index in [0.29, 0.717) is 18.8 Å². The highest BCUT2D eigenvalue weighted by atomic mass is 32.1. The summed E-state index contributed by atoms with van der Waals surface area (Å²) in [4.78, 5) is 41.0. The van der Waals surface area contributed by atoms with E-state index in [1.54, 1.807) is 11.3 Å². The largest absolute Gasteiger partial charge is 0.343 e. The minimum absolute atomic E-state index is 0.254. The number of fused-ring (bicyclic) bond motifs is 1. The number of hydrogen-bond donors (Lipinski definition) is 2. The fourth-order valence-electron chi connectivity index (χ4n) is 5.47. The number of imide groups is 1. The molecule has 3 aliphatic rings. The molecule has 5 rings (SSSR count). The molecule has 1 unspecified atom stereocenters. The van der Waals surface area contributed by atoms with Gasteiger partial charge in [-0.15, -0.1) is 11.3 Å². The number of urea groups is 1. The zero-order chi connectivity index (χ0) is 23.0. The number of carbonyl (C=O) groups excluding carboxylic acids is 3. The number of hydrogen-bond acceptors (Lipinski definition) is 4. The van der Waals surface area contributed by atoms with Gasteiger partial charge < -0.3 is 10.6 Å². The van der Waals surface area contributed by atoms with Crippen molar-refractivity contribution in [2.75, 3.05) is 6.54 Å². The average molecular weight is 466 g/mol. The summed E-state index contributed by atoms with van der Waals surface area (Å²) in [6, 6.07) is 9.73. The molecule has 7 heteroatoms. The molecule has 1 saturated heterocycles. The number of amides is 4. The second-order valence-electron chi connectivity index (χ2n) is 9.84. The van der Waals surface area contributed by atoms with Crippen LogP contribution in [0.2, 0.25) is 0 Å². The van der Waals surface area contributed by atoms with Crippen LogP contribution >= 0.6 is 11.3 Å². The molecule has 0 bridgehead atoms. The van der Waals surface area contributed by atoms with Gasteiger partial charge in [-0.05, 0) is 85.4 Å². The number of aryl methyl sites for hydroxylation is 2. The summed E-state index contributed by atoms with van der Waals surface area (Å²) in [5, 5.41) is 8.01. The van der Waals surface area contributed by atoms with E-state index in [2.05, 4.69) is 35.8 Å². The van der Waals surface area contributed by atoms with Crippen LogP contribution in [0.5, 0.6) is 0 Å². The van der Waals surface area contributed by atoms with Gasteiger partial charge >= 0.3 is 6.03 Å². The monoisotopic (exact) mass is 465 g/mol. The van der Waals surface area contributed by atoms with Crippen LogP contribution in [-0.2, 0) is 22.4 Å². The topological polar surface area (TPSA) is 78.5 Å². The maximum atomic E-state index is 13.1. The minimum atomic E-state index is -0.824. The molecule has 2 heterocycles. The van der Waals surface area contributed by atoms with Gasteiger partial charge in [-0.1, -0.05) is 31.2 Å². The van der Waals surface area contributed by atoms with Crippen LogP contribution in [0.1, 0.15) is 73.1 Å². The Morgan fingerprint density at radius 2 is 1.94 bits per heavy atom. The third-order valence-electron chi connectivity index (χ3n) is 7.51. The quantitative estimate of drug-likeness (QED) is 0.645. The van der Waals surface area contributed by atoms with Crippen molar-refractivity contribution in [3.05, 3.63) is 57.3 Å². The Bertz CT molecular complexity index is 1060. The summed E-state index contributed by atoms with van der Waals surface area (Å²) < 4.78 is 0. The van der Waals surface area contributed by atoms with Gasteiger partial charge in [0.2, 0.25) is 5.91 Å². The summed E-state index contributed by atoms with van der Waals surface area (Å²) in [5.74, 6) is -0.0206. The molecule has 33 heavy (non-hydrogen) atoms. The summed E-state index contributed by atoms with van der Waals surface area (Å²) >= 11 is 1.59. The molecule has 1 atom stereocenters. The van der Waals surface area contributed by atoms with Crippen molar-refractivity contribution in [3.63, 3.8) is 0 Å². The highest BCUT2D eigenvalue weighted by molar-refractivity contribution is 7.10. The van der Waals surface area contributed by atoms with Crippen molar-refractivity contribution < 1.29 is 14.4 Å². The Morgan fingerprint density at radius 1 is 1.18 bits per heavy atom. The van der Waals surface area contributed by atoms with Gasteiger partial charge in [-0.2, -0.15) is 0 Å². The molecule has 2 aliphatic carbocycles. The van der Waals surface area contributed by atoms with Gasteiger partial charge in [0.1, 0.15) is 12.1 Å². The maximum Gasteiger partial charge on any atom is 0.325 e. The van der Waals surface area contributed by atoms with Crippen molar-refractivity contribution in [1.82, 2.24) is 15.5 Å². The van der Waals surface area contributed by atoms with E-state index in [9.17, 15) is 14.4 Å². The summed E-state index contributed by atoms with van der Waals surface area (Å²) in [5.41, 5.74) is 2.97. The molecule has 1 aromatic carbocycles. The zero-order valence-corrected chi connectivity index (χ0v) is 19.9. The number of nitrogens with zero attached hydrogens (tertiary/aromatic N) is 1. The normalized spacial score (nSPS) is 25.6. The fourth-order valence-corrected chi connectivity index (χ4v) is 6.27. The van der Waals surface area contributed by atoms with Crippen LogP contribution in [0.3, 0.4) is 0 Å². The summed E-state index contributed by atoms with van der Waals surface area (Å²) in [7, 11) is 0. The van der Waals surface area contributed by atoms with Crippen molar-refractivity contribution >= 4 is 29.2 Å². The molecule has 2 fully saturated rings. The number of nitrogens with one attached hydrogen (secondary N) is 2. The van der Waals surface area contributed by atoms with Crippen LogP contribution in [0.25, 0.3) is 0 Å². The number of rotatable bonds is 5.